The minimum absolute atomic E-state index is 0.834. The summed E-state index contributed by atoms with van der Waals surface area (Å²) in [4.78, 5) is 0. The lowest BCUT2D eigenvalue weighted by Crippen LogP contribution is -2.00. The first-order valence-electron chi connectivity index (χ1n) is 28.9. The molecular weight excluding hydrogens is 905 g/mol. The van der Waals surface area contributed by atoms with Gasteiger partial charge < -0.3 is 18.9 Å². The van der Waals surface area contributed by atoms with Crippen LogP contribution in [0.3, 0.4) is 0 Å². The van der Waals surface area contributed by atoms with Gasteiger partial charge in [0.1, 0.15) is 23.0 Å². The maximum absolute atomic E-state index is 6.51. The summed E-state index contributed by atoms with van der Waals surface area (Å²) in [5.74, 6) is 3.36. The lowest BCUT2D eigenvalue weighted by Gasteiger charge is -2.27. The van der Waals surface area contributed by atoms with Crippen LogP contribution in [0.1, 0.15) is 153 Å². The summed E-state index contributed by atoms with van der Waals surface area (Å²) in [6.07, 6.45) is 28.7. The predicted molar refractivity (Wildman–Crippen MR) is 321 cm³/mol. The second-order valence-electron chi connectivity index (χ2n) is 21.8. The van der Waals surface area contributed by atoms with Crippen LogP contribution in [0.2, 0.25) is 0 Å². The van der Waals surface area contributed by atoms with E-state index in [0.717, 1.165) is 57.4 Å². The second kappa shape index (κ2) is 22.3. The molecule has 4 nitrogen and oxygen atoms in total. The Morgan fingerprint density at radius 2 is 0.500 bits per heavy atom. The number of hydrogen-bond donors (Lipinski definition) is 0. The molecule has 0 N–H and O–H groups in total. The van der Waals surface area contributed by atoms with Crippen LogP contribution in [0.4, 0.5) is 0 Å². The molecule has 0 aliphatic rings. The van der Waals surface area contributed by atoms with Gasteiger partial charge in [0.05, 0.1) is 28.4 Å². The van der Waals surface area contributed by atoms with E-state index in [1.54, 1.807) is 0 Å². The minimum atomic E-state index is 0.834. The first kappa shape index (κ1) is 49.9. The largest absolute Gasteiger partial charge is 0.496 e. The molecule has 0 saturated heterocycles. The molecule has 0 unspecified atom stereocenters. The third-order valence-corrected chi connectivity index (χ3v) is 17.2. The van der Waals surface area contributed by atoms with Crippen molar-refractivity contribution in [3.63, 3.8) is 0 Å². The summed E-state index contributed by atoms with van der Waals surface area (Å²) in [5.41, 5.74) is 2.77. The molecule has 0 amide bonds. The number of fused-ring (bicyclic) bond motifs is 14. The Bertz CT molecular complexity index is 3520. The smallest absolute Gasteiger partial charge is 0.131 e. The maximum atomic E-state index is 6.51. The topological polar surface area (TPSA) is 36.9 Å². The fourth-order valence-corrected chi connectivity index (χ4v) is 13.6. The average molecular weight is 983 g/mol. The Hall–Kier alpha value is -6.26. The van der Waals surface area contributed by atoms with Gasteiger partial charge in [-0.1, -0.05) is 214 Å². The van der Waals surface area contributed by atoms with Gasteiger partial charge in [-0.2, -0.15) is 0 Å². The molecule has 11 aromatic carbocycles. The summed E-state index contributed by atoms with van der Waals surface area (Å²) < 4.78 is 25.9. The molecule has 0 aromatic heterocycles. The summed E-state index contributed by atoms with van der Waals surface area (Å²) in [6, 6.07) is 37.2. The Morgan fingerprint density at radius 3 is 0.811 bits per heavy atom. The third-order valence-electron chi connectivity index (χ3n) is 17.2. The number of ether oxygens (including phenoxy) is 4. The van der Waals surface area contributed by atoms with Gasteiger partial charge in [0.15, 0.2) is 0 Å². The van der Waals surface area contributed by atoms with Crippen LogP contribution in [0, 0.1) is 0 Å². The number of aryl methyl sites for hydroxylation is 2. The molecule has 0 saturated carbocycles. The molecule has 74 heavy (non-hydrogen) atoms. The van der Waals surface area contributed by atoms with Gasteiger partial charge in [0, 0.05) is 55.2 Å². The fraction of sp³-hybridized carbons (Fsp3) is 0.400. The molecule has 0 aliphatic heterocycles. The van der Waals surface area contributed by atoms with E-state index < -0.39 is 0 Å². The third kappa shape index (κ3) is 8.72. The maximum Gasteiger partial charge on any atom is 0.131 e. The Morgan fingerprint density at radius 1 is 0.243 bits per heavy atom. The molecule has 11 rings (SSSR count). The van der Waals surface area contributed by atoms with Crippen molar-refractivity contribution in [3.8, 4) is 23.0 Å². The zero-order valence-electron chi connectivity index (χ0n) is 45.4. The van der Waals surface area contributed by atoms with Gasteiger partial charge in [-0.25, -0.2) is 0 Å². The van der Waals surface area contributed by atoms with E-state index >= 15 is 0 Å². The standard InChI is InChI=1S/C70H78O4/c1-7-9-11-13-15-17-19-21-23-25-31-45-37-39-51-53(41-45)61-57(73-5)43-55(71-3)59-47-33-27-29-35-49(47)63-64-50-36-30-28-34-48(50)60-56(72-4)44-58(74-6)62-54-42-46(32-26-24-22-20-18-16-14-12-10-8-2)38-40-52(54)66(70(64)68(60)62)65(51)69(63)67(59)61/h27-30,33-44H,7-26,31-32H2,1-6H3. The van der Waals surface area contributed by atoms with Crippen molar-refractivity contribution >= 4 is 108 Å². The molecular formula is C70H78O4. The van der Waals surface area contributed by atoms with Gasteiger partial charge >= 0.3 is 0 Å². The summed E-state index contributed by atoms with van der Waals surface area (Å²) in [6.45, 7) is 4.60. The molecule has 0 bridgehead atoms. The van der Waals surface area contributed by atoms with Gasteiger partial charge in [-0.05, 0) is 101 Å². The number of unbranched alkanes of at least 4 members (excludes halogenated alkanes) is 18. The number of hydrogen-bond acceptors (Lipinski definition) is 4. The van der Waals surface area contributed by atoms with E-state index in [1.165, 1.54) is 226 Å². The number of rotatable bonds is 26. The minimum Gasteiger partial charge on any atom is -0.496 e. The van der Waals surface area contributed by atoms with Crippen LogP contribution in [0.15, 0.2) is 97.1 Å². The van der Waals surface area contributed by atoms with E-state index in [9.17, 15) is 0 Å². The molecule has 382 valence electrons. The lowest BCUT2D eigenvalue weighted by atomic mass is 9.77. The van der Waals surface area contributed by atoms with E-state index in [1.807, 2.05) is 28.4 Å². The molecule has 11 aromatic rings. The highest BCUT2D eigenvalue weighted by molar-refractivity contribution is 6.56. The summed E-state index contributed by atoms with van der Waals surface area (Å²) in [7, 11) is 7.28. The lowest BCUT2D eigenvalue weighted by molar-refractivity contribution is 0.401. The van der Waals surface area contributed by atoms with Crippen LogP contribution in [-0.4, -0.2) is 28.4 Å². The van der Waals surface area contributed by atoms with Crippen molar-refractivity contribution in [1.82, 2.24) is 0 Å². The average Bonchev–Trinajstić information content (AvgIpc) is 3.58. The van der Waals surface area contributed by atoms with Crippen molar-refractivity contribution in [2.24, 2.45) is 0 Å². The van der Waals surface area contributed by atoms with Crippen molar-refractivity contribution in [1.29, 1.82) is 0 Å². The SMILES string of the molecule is CCCCCCCCCCCCc1ccc2c(c1)c1c(OC)cc(OC)c3c4ccccc4c4c5c6ccccc6c6c(OC)cc(OC)c7c8cc(CCCCCCCCCCCC)ccc8c(c2c4c31)c5c67. The molecule has 0 aliphatic carbocycles. The molecule has 0 atom stereocenters. The van der Waals surface area contributed by atoms with Gasteiger partial charge in [0.25, 0.3) is 0 Å². The molecule has 0 spiro atoms. The Labute approximate surface area is 439 Å². The van der Waals surface area contributed by atoms with Crippen molar-refractivity contribution < 1.29 is 18.9 Å². The predicted octanol–water partition coefficient (Wildman–Crippen LogP) is 21.1. The van der Waals surface area contributed by atoms with E-state index in [2.05, 4.69) is 111 Å². The number of benzene rings is 11. The molecule has 0 heterocycles. The highest BCUT2D eigenvalue weighted by Crippen LogP contribution is 2.59. The van der Waals surface area contributed by atoms with Gasteiger partial charge in [-0.3, -0.25) is 0 Å². The van der Waals surface area contributed by atoms with Crippen molar-refractivity contribution in [2.75, 3.05) is 28.4 Å². The van der Waals surface area contributed by atoms with Crippen LogP contribution in [-0.2, 0) is 12.8 Å². The van der Waals surface area contributed by atoms with Gasteiger partial charge in [-0.15, -0.1) is 0 Å². The molecule has 0 fully saturated rings. The molecule has 4 heteroatoms. The van der Waals surface area contributed by atoms with Gasteiger partial charge in [0.2, 0.25) is 0 Å². The Kier molecular flexibility index (Phi) is 15.0. The van der Waals surface area contributed by atoms with Crippen molar-refractivity contribution in [3.05, 3.63) is 108 Å². The first-order chi connectivity index (χ1) is 36.6. The summed E-state index contributed by atoms with van der Waals surface area (Å²) >= 11 is 0. The van der Waals surface area contributed by atoms with E-state index in [4.69, 9.17) is 18.9 Å². The highest BCUT2D eigenvalue weighted by Gasteiger charge is 2.30. The van der Waals surface area contributed by atoms with Crippen LogP contribution < -0.4 is 18.9 Å². The van der Waals surface area contributed by atoms with E-state index in [-0.39, 0.29) is 0 Å². The van der Waals surface area contributed by atoms with Crippen LogP contribution in [0.25, 0.3) is 108 Å². The van der Waals surface area contributed by atoms with Crippen LogP contribution >= 0.6 is 0 Å². The fourth-order valence-electron chi connectivity index (χ4n) is 13.6. The number of methoxy groups -OCH3 is 4. The summed E-state index contributed by atoms with van der Waals surface area (Å²) in [5, 5.41) is 24.5. The van der Waals surface area contributed by atoms with Crippen LogP contribution in [0.5, 0.6) is 23.0 Å². The molecule has 0 radical (unpaired) electrons. The highest BCUT2D eigenvalue weighted by atomic mass is 16.5. The zero-order chi connectivity index (χ0) is 50.7. The second-order valence-corrected chi connectivity index (χ2v) is 21.8. The Balaban J connectivity index is 1.18. The quantitative estimate of drug-likeness (QED) is 0.0308. The van der Waals surface area contributed by atoms with E-state index in [0.29, 0.717) is 0 Å². The first-order valence-corrected chi connectivity index (χ1v) is 28.9. The van der Waals surface area contributed by atoms with Crippen molar-refractivity contribution in [2.45, 2.75) is 155 Å². The monoisotopic (exact) mass is 983 g/mol. The normalized spacial score (nSPS) is 12.3. The zero-order valence-corrected chi connectivity index (χ0v) is 45.4.